The van der Waals surface area contributed by atoms with E-state index in [1.165, 1.54) is 6.07 Å². The van der Waals surface area contributed by atoms with Crippen LogP contribution < -0.4 is 5.32 Å². The molecular formula is C14H16ClFN2. The van der Waals surface area contributed by atoms with Crippen LogP contribution in [-0.2, 0) is 6.42 Å². The number of anilines is 1. The average molecular weight is 267 g/mol. The molecule has 0 saturated carbocycles. The third-order valence-corrected chi connectivity index (χ3v) is 3.12. The predicted octanol–water partition coefficient (Wildman–Crippen LogP) is 4.41. The van der Waals surface area contributed by atoms with E-state index >= 15 is 0 Å². The number of halogens is 2. The Morgan fingerprint density at radius 3 is 2.72 bits per heavy atom. The number of rotatable bonds is 4. The zero-order valence-corrected chi connectivity index (χ0v) is 11.3. The van der Waals surface area contributed by atoms with Crippen LogP contribution in [0.15, 0.2) is 18.2 Å². The molecule has 96 valence electrons. The van der Waals surface area contributed by atoms with Crippen LogP contribution in [0.25, 0.3) is 10.9 Å². The molecule has 0 aliphatic rings. The number of hydrogen-bond acceptors (Lipinski definition) is 2. The molecule has 0 atom stereocenters. The Morgan fingerprint density at radius 1 is 1.28 bits per heavy atom. The summed E-state index contributed by atoms with van der Waals surface area (Å²) in [5.74, 6) is -0.425. The van der Waals surface area contributed by atoms with Crippen molar-refractivity contribution < 1.29 is 4.39 Å². The lowest BCUT2D eigenvalue weighted by Gasteiger charge is -2.11. The molecule has 4 heteroatoms. The van der Waals surface area contributed by atoms with Crippen LogP contribution in [0.3, 0.4) is 0 Å². The minimum Gasteiger partial charge on any atom is -0.384 e. The number of nitrogens with zero attached hydrogens (tertiary/aromatic N) is 1. The van der Waals surface area contributed by atoms with Crippen molar-refractivity contribution in [2.75, 3.05) is 11.9 Å². The summed E-state index contributed by atoms with van der Waals surface area (Å²) in [6.45, 7) is 5.01. The monoisotopic (exact) mass is 266 g/mol. The second-order valence-electron chi connectivity index (χ2n) is 4.22. The third-order valence-electron chi connectivity index (χ3n) is 2.83. The van der Waals surface area contributed by atoms with E-state index < -0.39 is 5.82 Å². The molecule has 2 aromatic rings. The summed E-state index contributed by atoms with van der Waals surface area (Å²) in [6, 6.07) is 5.04. The van der Waals surface area contributed by atoms with Gasteiger partial charge in [-0.15, -0.1) is 0 Å². The van der Waals surface area contributed by atoms with Crippen LogP contribution in [0.4, 0.5) is 10.1 Å². The van der Waals surface area contributed by atoms with Crippen molar-refractivity contribution in [3.63, 3.8) is 0 Å². The molecule has 1 N–H and O–H groups in total. The van der Waals surface area contributed by atoms with E-state index in [-0.39, 0.29) is 5.02 Å². The number of fused-ring (bicyclic) bond motifs is 1. The van der Waals surface area contributed by atoms with E-state index in [0.717, 1.165) is 36.2 Å². The Kier molecular flexibility index (Phi) is 4.02. The molecule has 0 saturated heterocycles. The highest BCUT2D eigenvalue weighted by Crippen LogP contribution is 2.28. The summed E-state index contributed by atoms with van der Waals surface area (Å²) >= 11 is 5.84. The van der Waals surface area contributed by atoms with Gasteiger partial charge in [-0.05, 0) is 25.0 Å². The Labute approximate surface area is 111 Å². The number of aromatic nitrogens is 1. The summed E-state index contributed by atoms with van der Waals surface area (Å²) in [5.41, 5.74) is 2.57. The molecule has 0 radical (unpaired) electrons. The van der Waals surface area contributed by atoms with E-state index in [1.807, 2.05) is 13.0 Å². The van der Waals surface area contributed by atoms with Gasteiger partial charge in [0.05, 0.1) is 10.5 Å². The number of aryl methyl sites for hydroxylation is 1. The van der Waals surface area contributed by atoms with E-state index in [0.29, 0.717) is 5.52 Å². The summed E-state index contributed by atoms with van der Waals surface area (Å²) < 4.78 is 13.5. The van der Waals surface area contributed by atoms with Gasteiger partial charge in [0.15, 0.2) is 0 Å². The highest BCUT2D eigenvalue weighted by atomic mass is 35.5. The van der Waals surface area contributed by atoms with Crippen LogP contribution in [0.5, 0.6) is 0 Å². The van der Waals surface area contributed by atoms with Crippen molar-refractivity contribution in [1.82, 2.24) is 4.98 Å². The lowest BCUT2D eigenvalue weighted by atomic mass is 10.1. The predicted molar refractivity (Wildman–Crippen MR) is 74.9 cm³/mol. The Morgan fingerprint density at radius 2 is 2.06 bits per heavy atom. The molecule has 0 aliphatic heterocycles. The number of benzene rings is 1. The molecule has 2 nitrogen and oxygen atoms in total. The first kappa shape index (κ1) is 13.1. The van der Waals surface area contributed by atoms with Crippen LogP contribution >= 0.6 is 11.6 Å². The van der Waals surface area contributed by atoms with Crippen molar-refractivity contribution >= 4 is 28.2 Å². The smallest absolute Gasteiger partial charge is 0.143 e. The molecule has 1 heterocycles. The van der Waals surface area contributed by atoms with Crippen molar-refractivity contribution in [2.24, 2.45) is 0 Å². The fraction of sp³-hybridized carbons (Fsp3) is 0.357. The highest BCUT2D eigenvalue weighted by Gasteiger charge is 2.09. The van der Waals surface area contributed by atoms with Gasteiger partial charge in [-0.1, -0.05) is 25.4 Å². The lowest BCUT2D eigenvalue weighted by molar-refractivity contribution is 0.630. The first-order chi connectivity index (χ1) is 8.65. The van der Waals surface area contributed by atoms with E-state index in [4.69, 9.17) is 11.6 Å². The highest BCUT2D eigenvalue weighted by molar-refractivity contribution is 6.31. The Bertz CT molecular complexity index is 569. The molecule has 0 amide bonds. The van der Waals surface area contributed by atoms with Gasteiger partial charge < -0.3 is 5.32 Å². The zero-order valence-electron chi connectivity index (χ0n) is 10.6. The standard InChI is InChI=1S/C14H16ClFN2/c1-3-5-17-13-6-9(4-2)18-14-8-12(16)11(15)7-10(13)14/h6-8H,3-5H2,1-2H3,(H,17,18). The number of hydrogen-bond donors (Lipinski definition) is 1. The maximum Gasteiger partial charge on any atom is 0.143 e. The van der Waals surface area contributed by atoms with Gasteiger partial charge in [-0.25, -0.2) is 4.39 Å². The van der Waals surface area contributed by atoms with Crippen molar-refractivity contribution in [1.29, 1.82) is 0 Å². The number of pyridine rings is 1. The molecule has 0 bridgehead atoms. The maximum atomic E-state index is 13.5. The second kappa shape index (κ2) is 5.53. The quantitative estimate of drug-likeness (QED) is 0.887. The summed E-state index contributed by atoms with van der Waals surface area (Å²) in [6.07, 6.45) is 1.85. The van der Waals surface area contributed by atoms with E-state index in [2.05, 4.69) is 17.2 Å². The van der Waals surface area contributed by atoms with Gasteiger partial charge >= 0.3 is 0 Å². The molecule has 1 aromatic carbocycles. The van der Waals surface area contributed by atoms with Gasteiger partial charge in [0.2, 0.25) is 0 Å². The molecule has 2 rings (SSSR count). The van der Waals surface area contributed by atoms with Gasteiger partial charge in [0, 0.05) is 29.4 Å². The SMILES string of the molecule is CCCNc1cc(CC)nc2cc(F)c(Cl)cc12. The van der Waals surface area contributed by atoms with Gasteiger partial charge in [0.25, 0.3) is 0 Å². The first-order valence-electron chi connectivity index (χ1n) is 6.18. The van der Waals surface area contributed by atoms with Crippen LogP contribution in [-0.4, -0.2) is 11.5 Å². The summed E-state index contributed by atoms with van der Waals surface area (Å²) in [7, 11) is 0. The van der Waals surface area contributed by atoms with Crippen LogP contribution in [0.2, 0.25) is 5.02 Å². The molecule has 0 unspecified atom stereocenters. The molecule has 18 heavy (non-hydrogen) atoms. The zero-order chi connectivity index (χ0) is 13.1. The van der Waals surface area contributed by atoms with E-state index in [1.54, 1.807) is 6.07 Å². The van der Waals surface area contributed by atoms with Gasteiger partial charge in [0.1, 0.15) is 5.82 Å². The van der Waals surface area contributed by atoms with E-state index in [9.17, 15) is 4.39 Å². The fourth-order valence-corrected chi connectivity index (χ4v) is 2.03. The molecule has 1 aromatic heterocycles. The maximum absolute atomic E-state index is 13.5. The van der Waals surface area contributed by atoms with Crippen molar-refractivity contribution in [2.45, 2.75) is 26.7 Å². The molecule has 0 spiro atoms. The topological polar surface area (TPSA) is 24.9 Å². The fourth-order valence-electron chi connectivity index (χ4n) is 1.86. The summed E-state index contributed by atoms with van der Waals surface area (Å²) in [5, 5.41) is 4.34. The van der Waals surface area contributed by atoms with Gasteiger partial charge in [-0.2, -0.15) is 0 Å². The largest absolute Gasteiger partial charge is 0.384 e. The third kappa shape index (κ3) is 2.56. The number of nitrogens with one attached hydrogen (secondary N) is 1. The lowest BCUT2D eigenvalue weighted by Crippen LogP contribution is -2.02. The molecular weight excluding hydrogens is 251 g/mol. The Hall–Kier alpha value is -1.35. The first-order valence-corrected chi connectivity index (χ1v) is 6.56. The van der Waals surface area contributed by atoms with Crippen molar-refractivity contribution in [3.8, 4) is 0 Å². The van der Waals surface area contributed by atoms with Crippen LogP contribution in [0.1, 0.15) is 26.0 Å². The molecule has 0 fully saturated rings. The van der Waals surface area contributed by atoms with Crippen LogP contribution in [0, 0.1) is 5.82 Å². The Balaban J connectivity index is 2.61. The molecule has 0 aliphatic carbocycles. The van der Waals surface area contributed by atoms with Gasteiger partial charge in [-0.3, -0.25) is 4.98 Å². The van der Waals surface area contributed by atoms with Crippen molar-refractivity contribution in [3.05, 3.63) is 34.7 Å². The summed E-state index contributed by atoms with van der Waals surface area (Å²) in [4.78, 5) is 4.43. The average Bonchev–Trinajstić information content (AvgIpc) is 2.37. The minimum absolute atomic E-state index is 0.132. The minimum atomic E-state index is -0.425. The second-order valence-corrected chi connectivity index (χ2v) is 4.63. The normalized spacial score (nSPS) is 10.9.